The Morgan fingerprint density at radius 2 is 2.10 bits per heavy atom. The molecule has 3 rings (SSSR count). The van der Waals surface area contributed by atoms with Gasteiger partial charge in [-0.05, 0) is 31.2 Å². The van der Waals surface area contributed by atoms with Crippen molar-refractivity contribution in [2.75, 3.05) is 7.11 Å². The fourth-order valence-corrected chi connectivity index (χ4v) is 2.70. The molecule has 0 aliphatic rings. The second-order valence-corrected chi connectivity index (χ2v) is 5.20. The lowest BCUT2D eigenvalue weighted by Gasteiger charge is -2.06. The highest BCUT2D eigenvalue weighted by Gasteiger charge is 2.12. The largest absolute Gasteiger partial charge is 0.497 e. The minimum absolute atomic E-state index is 0.692. The van der Waals surface area contributed by atoms with Crippen molar-refractivity contribution in [2.45, 2.75) is 13.5 Å². The van der Waals surface area contributed by atoms with E-state index in [0.717, 1.165) is 27.9 Å². The molecule has 0 unspecified atom stereocenters. The molecular formula is C15H16ClN3O. The molecule has 0 amide bonds. The first-order valence-electron chi connectivity index (χ1n) is 6.41. The Hall–Kier alpha value is -1.94. The van der Waals surface area contributed by atoms with Crippen LogP contribution in [-0.2, 0) is 13.6 Å². The summed E-state index contributed by atoms with van der Waals surface area (Å²) < 4.78 is 9.13. The zero-order chi connectivity index (χ0) is 14.3. The quantitative estimate of drug-likeness (QED) is 0.740. The van der Waals surface area contributed by atoms with Crippen molar-refractivity contribution in [1.82, 2.24) is 14.3 Å². The van der Waals surface area contributed by atoms with E-state index in [9.17, 15) is 0 Å². The molecule has 0 fully saturated rings. The van der Waals surface area contributed by atoms with E-state index in [4.69, 9.17) is 16.3 Å². The lowest BCUT2D eigenvalue weighted by atomic mass is 10.2. The molecule has 0 spiro atoms. The molecule has 1 aromatic carbocycles. The van der Waals surface area contributed by atoms with Gasteiger partial charge in [-0.25, -0.2) is 0 Å². The van der Waals surface area contributed by atoms with Crippen LogP contribution in [0.15, 0.2) is 30.5 Å². The van der Waals surface area contributed by atoms with Gasteiger partial charge in [-0.1, -0.05) is 11.6 Å². The molecule has 4 nitrogen and oxygen atoms in total. The van der Waals surface area contributed by atoms with Crippen molar-refractivity contribution in [3.63, 3.8) is 0 Å². The molecule has 0 atom stereocenters. The van der Waals surface area contributed by atoms with Crippen LogP contribution < -0.4 is 4.74 Å². The number of hydrogen-bond acceptors (Lipinski definition) is 2. The maximum Gasteiger partial charge on any atom is 0.131 e. The second-order valence-electron chi connectivity index (χ2n) is 4.85. The highest BCUT2D eigenvalue weighted by Crippen LogP contribution is 2.25. The number of fused-ring (bicyclic) bond motifs is 1. The van der Waals surface area contributed by atoms with Crippen LogP contribution in [-0.4, -0.2) is 21.5 Å². The fourth-order valence-electron chi connectivity index (χ4n) is 2.47. The van der Waals surface area contributed by atoms with E-state index >= 15 is 0 Å². The van der Waals surface area contributed by atoms with Gasteiger partial charge in [-0.3, -0.25) is 4.68 Å². The van der Waals surface area contributed by atoms with Crippen molar-refractivity contribution in [1.29, 1.82) is 0 Å². The Morgan fingerprint density at radius 1 is 1.30 bits per heavy atom. The molecule has 0 aliphatic heterocycles. The molecule has 2 heterocycles. The SMILES string of the molecule is COc1ccc2c(ccn2Cc2c(C)nn(C)c2Cl)c1. The second kappa shape index (κ2) is 4.87. The lowest BCUT2D eigenvalue weighted by Crippen LogP contribution is -1.99. The van der Waals surface area contributed by atoms with Crippen LogP contribution in [0.5, 0.6) is 5.75 Å². The van der Waals surface area contributed by atoms with E-state index in [1.54, 1.807) is 11.8 Å². The molecule has 20 heavy (non-hydrogen) atoms. The molecule has 0 bridgehead atoms. The van der Waals surface area contributed by atoms with E-state index in [-0.39, 0.29) is 0 Å². The van der Waals surface area contributed by atoms with Crippen molar-refractivity contribution >= 4 is 22.5 Å². The zero-order valence-electron chi connectivity index (χ0n) is 11.7. The standard InChI is InChI=1S/C15H16ClN3O/c1-10-13(15(16)18(2)17-10)9-19-7-6-11-8-12(20-3)4-5-14(11)19/h4-8H,9H2,1-3H3. The van der Waals surface area contributed by atoms with Crippen molar-refractivity contribution < 1.29 is 4.74 Å². The van der Waals surface area contributed by atoms with Gasteiger partial charge in [0.25, 0.3) is 0 Å². The molecule has 5 heteroatoms. The maximum absolute atomic E-state index is 6.30. The van der Waals surface area contributed by atoms with Gasteiger partial charge in [0.05, 0.1) is 19.3 Å². The molecule has 0 saturated carbocycles. The van der Waals surface area contributed by atoms with Crippen LogP contribution in [0.4, 0.5) is 0 Å². The van der Waals surface area contributed by atoms with Gasteiger partial charge in [0.2, 0.25) is 0 Å². The minimum Gasteiger partial charge on any atom is -0.497 e. The van der Waals surface area contributed by atoms with Crippen LogP contribution in [0.1, 0.15) is 11.3 Å². The molecule has 0 aliphatic carbocycles. The van der Waals surface area contributed by atoms with E-state index in [1.807, 2.05) is 26.1 Å². The van der Waals surface area contributed by atoms with Gasteiger partial charge in [0.15, 0.2) is 0 Å². The number of ether oxygens (including phenoxy) is 1. The summed E-state index contributed by atoms with van der Waals surface area (Å²) in [6.45, 7) is 2.70. The first-order valence-corrected chi connectivity index (χ1v) is 6.79. The summed E-state index contributed by atoms with van der Waals surface area (Å²) in [6.07, 6.45) is 2.06. The summed E-state index contributed by atoms with van der Waals surface area (Å²) in [5.41, 5.74) is 3.18. The lowest BCUT2D eigenvalue weighted by molar-refractivity contribution is 0.415. The third-order valence-electron chi connectivity index (χ3n) is 3.58. The number of aromatic nitrogens is 3. The van der Waals surface area contributed by atoms with Crippen LogP contribution in [0.25, 0.3) is 10.9 Å². The number of hydrogen-bond donors (Lipinski definition) is 0. The molecule has 0 saturated heterocycles. The van der Waals surface area contributed by atoms with E-state index in [1.165, 1.54) is 0 Å². The summed E-state index contributed by atoms with van der Waals surface area (Å²) in [4.78, 5) is 0. The molecule has 0 N–H and O–H groups in total. The van der Waals surface area contributed by atoms with Gasteiger partial charge in [-0.2, -0.15) is 5.10 Å². The predicted molar refractivity (Wildman–Crippen MR) is 80.5 cm³/mol. The molecule has 104 valence electrons. The third kappa shape index (κ3) is 2.06. The number of aryl methyl sites for hydroxylation is 2. The first kappa shape index (κ1) is 13.1. The monoisotopic (exact) mass is 289 g/mol. The van der Waals surface area contributed by atoms with Crippen molar-refractivity contribution in [3.05, 3.63) is 46.9 Å². The molecular weight excluding hydrogens is 274 g/mol. The van der Waals surface area contributed by atoms with Gasteiger partial charge >= 0.3 is 0 Å². The van der Waals surface area contributed by atoms with Crippen LogP contribution in [0.2, 0.25) is 5.15 Å². The predicted octanol–water partition coefficient (Wildman–Crippen LogP) is 3.39. The first-order chi connectivity index (χ1) is 9.60. The van der Waals surface area contributed by atoms with E-state index in [0.29, 0.717) is 11.7 Å². The van der Waals surface area contributed by atoms with Gasteiger partial charge in [-0.15, -0.1) is 0 Å². The third-order valence-corrected chi connectivity index (χ3v) is 4.05. The Labute approximate surface area is 122 Å². The average molecular weight is 290 g/mol. The van der Waals surface area contributed by atoms with Crippen molar-refractivity contribution in [2.24, 2.45) is 7.05 Å². The molecule has 0 radical (unpaired) electrons. The Bertz CT molecular complexity index is 773. The summed E-state index contributed by atoms with van der Waals surface area (Å²) >= 11 is 6.30. The number of benzene rings is 1. The van der Waals surface area contributed by atoms with E-state index in [2.05, 4.69) is 28.0 Å². The van der Waals surface area contributed by atoms with Gasteiger partial charge < -0.3 is 9.30 Å². The summed E-state index contributed by atoms with van der Waals surface area (Å²) in [5, 5.41) is 6.20. The minimum atomic E-state index is 0.692. The van der Waals surface area contributed by atoms with Crippen molar-refractivity contribution in [3.8, 4) is 5.75 Å². The van der Waals surface area contributed by atoms with Crippen LogP contribution in [0, 0.1) is 6.92 Å². The smallest absolute Gasteiger partial charge is 0.131 e. The Balaban J connectivity index is 2.03. The molecule has 3 aromatic rings. The van der Waals surface area contributed by atoms with E-state index < -0.39 is 0 Å². The average Bonchev–Trinajstić information content (AvgIpc) is 2.95. The number of methoxy groups -OCH3 is 1. The zero-order valence-corrected chi connectivity index (χ0v) is 12.5. The highest BCUT2D eigenvalue weighted by molar-refractivity contribution is 6.30. The fraction of sp³-hybridized carbons (Fsp3) is 0.267. The Morgan fingerprint density at radius 3 is 2.75 bits per heavy atom. The van der Waals surface area contributed by atoms with Gasteiger partial charge in [0, 0.05) is 29.7 Å². The van der Waals surface area contributed by atoms with Crippen LogP contribution in [0.3, 0.4) is 0 Å². The summed E-state index contributed by atoms with van der Waals surface area (Å²) in [7, 11) is 3.54. The van der Waals surface area contributed by atoms with Gasteiger partial charge in [0.1, 0.15) is 10.9 Å². The molecule has 2 aromatic heterocycles. The summed E-state index contributed by atoms with van der Waals surface area (Å²) in [6, 6.07) is 8.14. The summed E-state index contributed by atoms with van der Waals surface area (Å²) in [5.74, 6) is 0.867. The maximum atomic E-state index is 6.30. The van der Waals surface area contributed by atoms with Crippen LogP contribution >= 0.6 is 11.6 Å². The number of rotatable bonds is 3. The normalized spacial score (nSPS) is 11.2. The number of nitrogens with zero attached hydrogens (tertiary/aromatic N) is 3. The highest BCUT2D eigenvalue weighted by atomic mass is 35.5. The Kier molecular flexibility index (Phi) is 3.18. The number of halogens is 1. The topological polar surface area (TPSA) is 32.0 Å².